The first-order valence-electron chi connectivity index (χ1n) is 9.68. The fourth-order valence-corrected chi connectivity index (χ4v) is 4.44. The Labute approximate surface area is 176 Å². The number of ether oxygens (including phenoxy) is 1. The van der Waals surface area contributed by atoms with Crippen molar-refractivity contribution in [2.45, 2.75) is 13.0 Å². The highest BCUT2D eigenvalue weighted by molar-refractivity contribution is 8.14. The Morgan fingerprint density at radius 1 is 0.931 bits per heavy atom. The molecule has 1 aliphatic heterocycles. The Kier molecular flexibility index (Phi) is 6.01. The van der Waals surface area contributed by atoms with Crippen LogP contribution >= 0.6 is 11.8 Å². The minimum atomic E-state index is 0.212. The smallest absolute Gasteiger partial charge is 0.119 e. The second-order valence-electron chi connectivity index (χ2n) is 6.89. The van der Waals surface area contributed by atoms with E-state index >= 15 is 0 Å². The molecule has 1 N–H and O–H groups in total. The molecule has 4 heteroatoms. The van der Waals surface area contributed by atoms with Crippen molar-refractivity contribution in [1.82, 2.24) is 0 Å². The van der Waals surface area contributed by atoms with Crippen LogP contribution < -0.4 is 10.1 Å². The number of aliphatic imine (C=N–C) groups is 1. The van der Waals surface area contributed by atoms with Crippen molar-refractivity contribution in [3.05, 3.63) is 102 Å². The van der Waals surface area contributed by atoms with Gasteiger partial charge in [-0.25, -0.2) is 0 Å². The molecule has 146 valence electrons. The summed E-state index contributed by atoms with van der Waals surface area (Å²) in [7, 11) is 1.68. The third-order valence-electron chi connectivity index (χ3n) is 4.95. The number of hydrogen-bond donors (Lipinski definition) is 1. The average Bonchev–Trinajstić information content (AvgIpc) is 3.29. The largest absolute Gasteiger partial charge is 0.497 e. The van der Waals surface area contributed by atoms with E-state index in [1.54, 1.807) is 7.11 Å². The molecule has 1 atom stereocenters. The van der Waals surface area contributed by atoms with Crippen molar-refractivity contribution >= 4 is 28.2 Å². The van der Waals surface area contributed by atoms with Gasteiger partial charge in [0.05, 0.1) is 23.9 Å². The quantitative estimate of drug-likeness (QED) is 0.518. The lowest BCUT2D eigenvalue weighted by molar-refractivity contribution is 0.415. The van der Waals surface area contributed by atoms with Gasteiger partial charge in [0.2, 0.25) is 0 Å². The van der Waals surface area contributed by atoms with Crippen LogP contribution in [0.3, 0.4) is 0 Å². The molecule has 0 saturated carbocycles. The summed E-state index contributed by atoms with van der Waals surface area (Å²) in [6.07, 6.45) is 0. The maximum atomic E-state index is 5.28. The third kappa shape index (κ3) is 4.54. The van der Waals surface area contributed by atoms with Gasteiger partial charge in [0.25, 0.3) is 0 Å². The number of anilines is 1. The third-order valence-corrected chi connectivity index (χ3v) is 6.12. The van der Waals surface area contributed by atoms with Crippen LogP contribution in [0.4, 0.5) is 5.69 Å². The van der Waals surface area contributed by atoms with E-state index in [0.29, 0.717) is 0 Å². The summed E-state index contributed by atoms with van der Waals surface area (Å²) in [6, 6.07) is 29.2. The van der Waals surface area contributed by atoms with Gasteiger partial charge in [0.1, 0.15) is 5.75 Å². The van der Waals surface area contributed by atoms with Crippen LogP contribution in [-0.4, -0.2) is 17.9 Å². The molecule has 29 heavy (non-hydrogen) atoms. The van der Waals surface area contributed by atoms with Gasteiger partial charge < -0.3 is 10.1 Å². The fraction of sp³-hybridized carbons (Fsp3) is 0.160. The van der Waals surface area contributed by atoms with Gasteiger partial charge in [-0.1, -0.05) is 60.7 Å². The summed E-state index contributed by atoms with van der Waals surface area (Å²) in [5.74, 6) is 1.82. The second kappa shape index (κ2) is 9.01. The summed E-state index contributed by atoms with van der Waals surface area (Å²) in [6.45, 7) is 2.15. The lowest BCUT2D eigenvalue weighted by Crippen LogP contribution is -2.06. The molecule has 0 amide bonds. The number of benzene rings is 3. The maximum absolute atomic E-state index is 5.28. The monoisotopic (exact) mass is 400 g/mol. The van der Waals surface area contributed by atoms with Crippen LogP contribution in [0.25, 0.3) is 5.70 Å². The molecule has 0 saturated heterocycles. The van der Waals surface area contributed by atoms with E-state index in [2.05, 4.69) is 60.8 Å². The van der Waals surface area contributed by atoms with Crippen LogP contribution in [0.15, 0.2) is 95.5 Å². The van der Waals surface area contributed by atoms with Crippen molar-refractivity contribution in [3.8, 4) is 5.75 Å². The number of hydrogen-bond acceptors (Lipinski definition) is 4. The van der Waals surface area contributed by atoms with Crippen molar-refractivity contribution < 1.29 is 4.74 Å². The first kappa shape index (κ1) is 19.3. The second-order valence-corrected chi connectivity index (χ2v) is 7.90. The average molecular weight is 401 g/mol. The molecule has 0 aromatic heterocycles. The normalized spacial score (nSPS) is 16.8. The van der Waals surface area contributed by atoms with Crippen LogP contribution in [0.2, 0.25) is 0 Å². The predicted molar refractivity (Wildman–Crippen MR) is 125 cm³/mol. The molecule has 4 rings (SSSR count). The van der Waals surface area contributed by atoms with Crippen LogP contribution in [0.5, 0.6) is 5.75 Å². The van der Waals surface area contributed by atoms with Gasteiger partial charge >= 0.3 is 0 Å². The highest BCUT2D eigenvalue weighted by Crippen LogP contribution is 2.35. The highest BCUT2D eigenvalue weighted by atomic mass is 32.2. The van der Waals surface area contributed by atoms with Gasteiger partial charge in [-0.05, 0) is 42.3 Å². The lowest BCUT2D eigenvalue weighted by atomic mass is 10.1. The molecule has 1 unspecified atom stereocenters. The SMILES string of the molecule is COc1ccc(NC(=C(C)C2=NC(c3ccccc3)CS2)c2ccccc2)cc1. The summed E-state index contributed by atoms with van der Waals surface area (Å²) in [4.78, 5) is 5.04. The highest BCUT2D eigenvalue weighted by Gasteiger charge is 2.22. The molecule has 1 aliphatic rings. The molecule has 0 bridgehead atoms. The van der Waals surface area contributed by atoms with E-state index in [9.17, 15) is 0 Å². The molecule has 3 aromatic rings. The topological polar surface area (TPSA) is 33.6 Å². The molecule has 0 spiro atoms. The Bertz CT molecular complexity index is 1010. The Hall–Kier alpha value is -2.98. The first-order valence-corrected chi connectivity index (χ1v) is 10.7. The summed E-state index contributed by atoms with van der Waals surface area (Å²) in [5.41, 5.74) is 5.68. The van der Waals surface area contributed by atoms with Crippen LogP contribution in [0, 0.1) is 0 Å². The minimum Gasteiger partial charge on any atom is -0.497 e. The molecule has 0 aliphatic carbocycles. The zero-order valence-corrected chi connectivity index (χ0v) is 17.4. The van der Waals surface area contributed by atoms with Crippen LogP contribution in [-0.2, 0) is 0 Å². The van der Waals surface area contributed by atoms with E-state index < -0.39 is 0 Å². The zero-order chi connectivity index (χ0) is 20.1. The van der Waals surface area contributed by atoms with Crippen molar-refractivity contribution in [2.24, 2.45) is 4.99 Å². The van der Waals surface area contributed by atoms with Gasteiger partial charge in [-0.3, -0.25) is 4.99 Å². The van der Waals surface area contributed by atoms with E-state index in [1.165, 1.54) is 5.56 Å². The molecular weight excluding hydrogens is 376 g/mol. The molecule has 1 heterocycles. The number of nitrogens with zero attached hydrogens (tertiary/aromatic N) is 1. The predicted octanol–water partition coefficient (Wildman–Crippen LogP) is 6.42. The number of rotatable bonds is 6. The molecule has 0 fully saturated rings. The number of methoxy groups -OCH3 is 1. The van der Waals surface area contributed by atoms with Gasteiger partial charge in [0, 0.05) is 17.0 Å². The molecule has 0 radical (unpaired) electrons. The molecular formula is C25H24N2OS. The standard InChI is InChI=1S/C25H24N2OS/c1-18(25-27-23(17-29-25)19-9-5-3-6-10-19)24(20-11-7-4-8-12-20)26-21-13-15-22(28-2)16-14-21/h3-16,23,26H,17H2,1-2H3. The van der Waals surface area contributed by atoms with E-state index in [0.717, 1.165) is 39.1 Å². The van der Waals surface area contributed by atoms with Gasteiger partial charge in [-0.2, -0.15) is 0 Å². The van der Waals surface area contributed by atoms with Crippen molar-refractivity contribution in [1.29, 1.82) is 0 Å². The van der Waals surface area contributed by atoms with Crippen molar-refractivity contribution in [3.63, 3.8) is 0 Å². The van der Waals surface area contributed by atoms with Gasteiger partial charge in [-0.15, -0.1) is 11.8 Å². The summed E-state index contributed by atoms with van der Waals surface area (Å²) < 4.78 is 5.28. The van der Waals surface area contributed by atoms with E-state index in [4.69, 9.17) is 9.73 Å². The Morgan fingerprint density at radius 3 is 2.24 bits per heavy atom. The summed E-state index contributed by atoms with van der Waals surface area (Å²) in [5, 5.41) is 4.70. The van der Waals surface area contributed by atoms with E-state index in [-0.39, 0.29) is 6.04 Å². The number of nitrogens with one attached hydrogen (secondary N) is 1. The van der Waals surface area contributed by atoms with E-state index in [1.807, 2.05) is 48.2 Å². The molecule has 3 aromatic carbocycles. The summed E-state index contributed by atoms with van der Waals surface area (Å²) >= 11 is 1.83. The fourth-order valence-electron chi connectivity index (χ4n) is 3.34. The van der Waals surface area contributed by atoms with Crippen molar-refractivity contribution in [2.75, 3.05) is 18.2 Å². The minimum absolute atomic E-state index is 0.212. The molecule has 3 nitrogen and oxygen atoms in total. The Morgan fingerprint density at radius 2 is 1.59 bits per heavy atom. The first-order chi connectivity index (χ1) is 14.2. The maximum Gasteiger partial charge on any atom is 0.119 e. The zero-order valence-electron chi connectivity index (χ0n) is 16.6. The number of thioether (sulfide) groups is 1. The Balaban J connectivity index is 1.68. The van der Waals surface area contributed by atoms with Gasteiger partial charge in [0.15, 0.2) is 0 Å². The lowest BCUT2D eigenvalue weighted by Gasteiger charge is -2.16. The van der Waals surface area contributed by atoms with Crippen LogP contribution in [0.1, 0.15) is 24.1 Å².